The van der Waals surface area contributed by atoms with E-state index in [4.69, 9.17) is 4.98 Å². The van der Waals surface area contributed by atoms with Crippen LogP contribution in [-0.4, -0.2) is 48.9 Å². The standard InChI is InChI=1S/C20H30N4O2S/c1-24(2)5-3-4-21-17(25)18(26)23-19-22-16(12-27-19)20-9-13-6-14(10-20)8-15(7-13)11-20/h12-15H,3-11H2,1-2H3,(H,21,25)(H,22,23,26). The van der Waals surface area contributed by atoms with Gasteiger partial charge in [0.1, 0.15) is 0 Å². The van der Waals surface area contributed by atoms with Gasteiger partial charge in [-0.05, 0) is 83.3 Å². The third kappa shape index (κ3) is 4.04. The van der Waals surface area contributed by atoms with E-state index in [1.165, 1.54) is 49.9 Å². The number of carbonyl (C=O) groups is 2. The van der Waals surface area contributed by atoms with Crippen LogP contribution in [0.1, 0.15) is 50.6 Å². The first kappa shape index (κ1) is 18.9. The smallest absolute Gasteiger partial charge is 0.315 e. The van der Waals surface area contributed by atoms with Gasteiger partial charge >= 0.3 is 11.8 Å². The molecule has 0 aliphatic heterocycles. The molecular weight excluding hydrogens is 360 g/mol. The van der Waals surface area contributed by atoms with Gasteiger partial charge in [0.05, 0.1) is 5.69 Å². The Balaban J connectivity index is 1.33. The fraction of sp³-hybridized carbons (Fsp3) is 0.750. The molecule has 6 nitrogen and oxygen atoms in total. The van der Waals surface area contributed by atoms with E-state index in [9.17, 15) is 9.59 Å². The first-order valence-electron chi connectivity index (χ1n) is 10.1. The fourth-order valence-electron chi connectivity index (χ4n) is 5.83. The Morgan fingerprint density at radius 1 is 1.15 bits per heavy atom. The van der Waals surface area contributed by atoms with Gasteiger partial charge in [-0.15, -0.1) is 11.3 Å². The van der Waals surface area contributed by atoms with Gasteiger partial charge in [-0.2, -0.15) is 0 Å². The van der Waals surface area contributed by atoms with Crippen LogP contribution in [-0.2, 0) is 15.0 Å². The molecule has 1 aromatic rings. The van der Waals surface area contributed by atoms with Crippen molar-refractivity contribution in [2.45, 2.75) is 50.4 Å². The van der Waals surface area contributed by atoms with Crippen molar-refractivity contribution >= 4 is 28.3 Å². The van der Waals surface area contributed by atoms with Crippen LogP contribution in [0.15, 0.2) is 5.38 Å². The average molecular weight is 391 g/mol. The van der Waals surface area contributed by atoms with Crippen LogP contribution < -0.4 is 10.6 Å². The average Bonchev–Trinajstić information content (AvgIpc) is 3.06. The van der Waals surface area contributed by atoms with Crippen molar-refractivity contribution in [2.24, 2.45) is 17.8 Å². The van der Waals surface area contributed by atoms with Crippen LogP contribution in [0, 0.1) is 17.8 Å². The molecule has 7 heteroatoms. The molecule has 0 saturated heterocycles. The molecule has 4 bridgehead atoms. The topological polar surface area (TPSA) is 74.3 Å². The van der Waals surface area contributed by atoms with Gasteiger partial charge in [0.25, 0.3) is 0 Å². The minimum absolute atomic E-state index is 0.225. The number of rotatable bonds is 6. The lowest BCUT2D eigenvalue weighted by atomic mass is 9.49. The minimum atomic E-state index is -0.619. The summed E-state index contributed by atoms with van der Waals surface area (Å²) >= 11 is 1.45. The number of nitrogens with one attached hydrogen (secondary N) is 2. The third-order valence-corrected chi connectivity index (χ3v) is 7.34. The molecule has 4 fully saturated rings. The molecule has 0 unspecified atom stereocenters. The number of carbonyl (C=O) groups excluding carboxylic acids is 2. The molecule has 1 aromatic heterocycles. The van der Waals surface area contributed by atoms with E-state index in [2.05, 4.69) is 16.0 Å². The van der Waals surface area contributed by atoms with Crippen LogP contribution in [0.5, 0.6) is 0 Å². The summed E-state index contributed by atoms with van der Waals surface area (Å²) in [6.45, 7) is 1.38. The Labute approximate surface area is 165 Å². The lowest BCUT2D eigenvalue weighted by molar-refractivity contribution is -0.136. The molecular formula is C20H30N4O2S. The summed E-state index contributed by atoms with van der Waals surface area (Å²) in [6, 6.07) is 0. The summed E-state index contributed by atoms with van der Waals surface area (Å²) in [5.74, 6) is 1.39. The molecule has 4 aliphatic rings. The summed E-state index contributed by atoms with van der Waals surface area (Å²) in [4.78, 5) is 30.9. The molecule has 148 valence electrons. The highest BCUT2D eigenvalue weighted by Gasteiger charge is 2.52. The van der Waals surface area contributed by atoms with E-state index < -0.39 is 11.8 Å². The summed E-state index contributed by atoms with van der Waals surface area (Å²) in [5.41, 5.74) is 1.37. The Morgan fingerprint density at radius 2 is 1.78 bits per heavy atom. The highest BCUT2D eigenvalue weighted by Crippen LogP contribution is 2.60. The largest absolute Gasteiger partial charge is 0.348 e. The van der Waals surface area contributed by atoms with Crippen LogP contribution in [0.4, 0.5) is 5.13 Å². The van der Waals surface area contributed by atoms with Gasteiger partial charge in [-0.3, -0.25) is 14.9 Å². The van der Waals surface area contributed by atoms with Crippen LogP contribution in [0.3, 0.4) is 0 Å². The fourth-order valence-corrected chi connectivity index (χ4v) is 6.66. The predicted octanol–water partition coefficient (Wildman–Crippen LogP) is 2.62. The van der Waals surface area contributed by atoms with Gasteiger partial charge in [-0.1, -0.05) is 0 Å². The molecule has 2 amide bonds. The number of aromatic nitrogens is 1. The van der Waals surface area contributed by atoms with E-state index in [1.807, 2.05) is 19.0 Å². The first-order valence-corrected chi connectivity index (χ1v) is 11.0. The van der Waals surface area contributed by atoms with Gasteiger partial charge in [-0.25, -0.2) is 4.98 Å². The lowest BCUT2D eigenvalue weighted by Gasteiger charge is -2.56. The monoisotopic (exact) mass is 390 g/mol. The van der Waals surface area contributed by atoms with Gasteiger partial charge in [0, 0.05) is 17.3 Å². The van der Waals surface area contributed by atoms with Gasteiger partial charge in [0.2, 0.25) is 0 Å². The SMILES string of the molecule is CN(C)CCCNC(=O)C(=O)Nc1nc(C23CC4CC(CC(C4)C2)C3)cs1. The molecule has 4 saturated carbocycles. The summed E-state index contributed by atoms with van der Waals surface area (Å²) < 4.78 is 0. The maximum atomic E-state index is 12.1. The number of amides is 2. The number of hydrogen-bond acceptors (Lipinski definition) is 5. The second-order valence-electron chi connectivity index (χ2n) is 9.10. The molecule has 0 aromatic carbocycles. The summed E-state index contributed by atoms with van der Waals surface area (Å²) in [5, 5.41) is 8.02. The Morgan fingerprint density at radius 3 is 2.37 bits per heavy atom. The molecule has 0 atom stereocenters. The zero-order valence-electron chi connectivity index (χ0n) is 16.3. The van der Waals surface area contributed by atoms with Crippen LogP contribution in [0.25, 0.3) is 0 Å². The normalized spacial score (nSPS) is 31.3. The molecule has 2 N–H and O–H groups in total. The van der Waals surface area contributed by atoms with Gasteiger partial charge in [0.15, 0.2) is 5.13 Å². The van der Waals surface area contributed by atoms with Crippen molar-refractivity contribution in [1.82, 2.24) is 15.2 Å². The Bertz CT molecular complexity index is 679. The van der Waals surface area contributed by atoms with E-state index in [1.54, 1.807) is 0 Å². The first-order chi connectivity index (χ1) is 12.9. The minimum Gasteiger partial charge on any atom is -0.348 e. The molecule has 0 spiro atoms. The van der Waals surface area contributed by atoms with Crippen molar-refractivity contribution in [3.8, 4) is 0 Å². The second-order valence-corrected chi connectivity index (χ2v) is 9.96. The maximum absolute atomic E-state index is 12.1. The van der Waals surface area contributed by atoms with Crippen LogP contribution >= 0.6 is 11.3 Å². The third-order valence-electron chi connectivity index (χ3n) is 6.58. The van der Waals surface area contributed by atoms with E-state index in [0.717, 1.165) is 36.4 Å². The highest BCUT2D eigenvalue weighted by molar-refractivity contribution is 7.14. The number of hydrogen-bond donors (Lipinski definition) is 2. The number of nitrogens with zero attached hydrogens (tertiary/aromatic N) is 2. The number of anilines is 1. The Hall–Kier alpha value is -1.47. The molecule has 4 aliphatic carbocycles. The van der Waals surface area contributed by atoms with Crippen molar-refractivity contribution < 1.29 is 9.59 Å². The molecule has 27 heavy (non-hydrogen) atoms. The van der Waals surface area contributed by atoms with E-state index in [-0.39, 0.29) is 5.41 Å². The van der Waals surface area contributed by atoms with Crippen LogP contribution in [0.2, 0.25) is 0 Å². The zero-order chi connectivity index (χ0) is 19.0. The van der Waals surface area contributed by atoms with E-state index in [0.29, 0.717) is 11.7 Å². The summed E-state index contributed by atoms with van der Waals surface area (Å²) in [7, 11) is 3.97. The van der Waals surface area contributed by atoms with Crippen molar-refractivity contribution in [3.05, 3.63) is 11.1 Å². The zero-order valence-corrected chi connectivity index (χ0v) is 17.1. The number of thiazole rings is 1. The van der Waals surface area contributed by atoms with Gasteiger partial charge < -0.3 is 10.2 Å². The lowest BCUT2D eigenvalue weighted by Crippen LogP contribution is -2.48. The predicted molar refractivity (Wildman–Crippen MR) is 107 cm³/mol. The molecule has 1 heterocycles. The Kier molecular flexibility index (Phi) is 5.25. The quantitative estimate of drug-likeness (QED) is 0.578. The second kappa shape index (κ2) is 7.51. The van der Waals surface area contributed by atoms with Crippen molar-refractivity contribution in [2.75, 3.05) is 32.5 Å². The molecule has 5 rings (SSSR count). The highest BCUT2D eigenvalue weighted by atomic mass is 32.1. The summed E-state index contributed by atoms with van der Waals surface area (Å²) in [6.07, 6.45) is 8.79. The van der Waals surface area contributed by atoms with Crippen molar-refractivity contribution in [3.63, 3.8) is 0 Å². The maximum Gasteiger partial charge on any atom is 0.315 e. The molecule has 0 radical (unpaired) electrons. The van der Waals surface area contributed by atoms with Crippen molar-refractivity contribution in [1.29, 1.82) is 0 Å². The van der Waals surface area contributed by atoms with E-state index >= 15 is 0 Å².